The smallest absolute Gasteiger partial charge is 0.269 e. The van der Waals surface area contributed by atoms with Crippen LogP contribution in [0.3, 0.4) is 0 Å². The van der Waals surface area contributed by atoms with Crippen molar-refractivity contribution in [1.29, 1.82) is 0 Å². The van der Waals surface area contributed by atoms with Crippen LogP contribution >= 0.6 is 0 Å². The van der Waals surface area contributed by atoms with Crippen LogP contribution in [0.4, 0.5) is 0 Å². The fourth-order valence-corrected chi connectivity index (χ4v) is 1.74. The minimum absolute atomic E-state index is 0.116. The maximum Gasteiger partial charge on any atom is 0.269 e. The minimum atomic E-state index is -0.254. The van der Waals surface area contributed by atoms with Gasteiger partial charge >= 0.3 is 0 Å². The molecule has 4 nitrogen and oxygen atoms in total. The van der Waals surface area contributed by atoms with E-state index in [9.17, 15) is 9.59 Å². The van der Waals surface area contributed by atoms with Crippen molar-refractivity contribution >= 4 is 11.7 Å². The average molecular weight is 280 g/mol. The van der Waals surface area contributed by atoms with Crippen molar-refractivity contribution in [3.8, 4) is 0 Å². The first-order valence-corrected chi connectivity index (χ1v) is 6.56. The molecule has 0 aliphatic rings. The molecule has 0 atom stereocenters. The summed E-state index contributed by atoms with van der Waals surface area (Å²) < 4.78 is 0. The Balaban J connectivity index is 1.93. The van der Waals surface area contributed by atoms with Crippen LogP contribution in [-0.4, -0.2) is 11.7 Å². The number of carbonyl (C=O) groups excluding carboxylic acids is 2. The van der Waals surface area contributed by atoms with Crippen molar-refractivity contribution in [1.82, 2.24) is 10.9 Å². The standard InChI is InChI=1S/C17H16N2O2/c1-13(12-16(20)14-8-4-2-5-9-14)18-19-17(21)15-10-6-3-7-11-15/h2-12,18H,1H3,(H,19,21). The monoisotopic (exact) mass is 280 g/mol. The lowest BCUT2D eigenvalue weighted by Crippen LogP contribution is -2.36. The number of hydrogen-bond donors (Lipinski definition) is 2. The molecule has 0 heterocycles. The van der Waals surface area contributed by atoms with Crippen LogP contribution in [0.25, 0.3) is 0 Å². The molecule has 4 heteroatoms. The molecule has 1 amide bonds. The first-order valence-electron chi connectivity index (χ1n) is 6.56. The third kappa shape index (κ3) is 4.31. The van der Waals surface area contributed by atoms with E-state index >= 15 is 0 Å². The van der Waals surface area contributed by atoms with Crippen molar-refractivity contribution in [3.05, 3.63) is 83.6 Å². The van der Waals surface area contributed by atoms with E-state index in [0.29, 0.717) is 16.8 Å². The Labute approximate surface area is 123 Å². The van der Waals surface area contributed by atoms with Crippen LogP contribution < -0.4 is 10.9 Å². The summed E-state index contributed by atoms with van der Waals surface area (Å²) in [7, 11) is 0. The fourth-order valence-electron chi connectivity index (χ4n) is 1.74. The number of hydrazine groups is 1. The van der Waals surface area contributed by atoms with Crippen LogP contribution in [0.1, 0.15) is 27.6 Å². The Morgan fingerprint density at radius 3 is 1.90 bits per heavy atom. The van der Waals surface area contributed by atoms with Crippen molar-refractivity contribution < 1.29 is 9.59 Å². The number of benzene rings is 2. The van der Waals surface area contributed by atoms with Crippen molar-refractivity contribution in [2.75, 3.05) is 0 Å². The molecule has 21 heavy (non-hydrogen) atoms. The molecule has 0 aliphatic carbocycles. The molecular weight excluding hydrogens is 264 g/mol. The molecule has 2 rings (SSSR count). The van der Waals surface area contributed by atoms with Crippen molar-refractivity contribution in [2.45, 2.75) is 6.92 Å². The van der Waals surface area contributed by atoms with Crippen LogP contribution in [-0.2, 0) is 0 Å². The lowest BCUT2D eigenvalue weighted by atomic mass is 10.1. The molecular formula is C17H16N2O2. The lowest BCUT2D eigenvalue weighted by Gasteiger charge is -2.08. The number of amides is 1. The molecule has 0 bridgehead atoms. The van der Waals surface area contributed by atoms with Crippen molar-refractivity contribution in [3.63, 3.8) is 0 Å². The van der Waals surface area contributed by atoms with Gasteiger partial charge in [-0.05, 0) is 19.1 Å². The van der Waals surface area contributed by atoms with Gasteiger partial charge in [0.1, 0.15) is 0 Å². The fraction of sp³-hybridized carbons (Fsp3) is 0.0588. The molecule has 0 saturated heterocycles. The maximum atomic E-state index is 11.9. The average Bonchev–Trinajstić information content (AvgIpc) is 2.54. The van der Waals surface area contributed by atoms with Gasteiger partial charge in [0.25, 0.3) is 5.91 Å². The topological polar surface area (TPSA) is 58.2 Å². The van der Waals surface area contributed by atoms with Gasteiger partial charge in [0.15, 0.2) is 5.78 Å². The molecule has 0 saturated carbocycles. The molecule has 0 aliphatic heterocycles. The summed E-state index contributed by atoms with van der Waals surface area (Å²) in [4.78, 5) is 23.8. The van der Waals surface area contributed by atoms with Gasteiger partial charge in [0.2, 0.25) is 0 Å². The Bertz CT molecular complexity index is 649. The SMILES string of the molecule is CC(=CC(=O)c1ccccc1)NNC(=O)c1ccccc1. The third-order valence-electron chi connectivity index (χ3n) is 2.82. The largest absolute Gasteiger partial charge is 0.303 e. The van der Waals surface area contributed by atoms with Gasteiger partial charge in [-0.25, -0.2) is 0 Å². The Kier molecular flexibility index (Phi) is 4.88. The molecule has 2 aromatic carbocycles. The summed E-state index contributed by atoms with van der Waals surface area (Å²) in [5.74, 6) is -0.370. The van der Waals surface area contributed by atoms with Gasteiger partial charge in [0.05, 0.1) is 0 Å². The van der Waals surface area contributed by atoms with Crippen LogP contribution in [0.5, 0.6) is 0 Å². The second kappa shape index (κ2) is 7.05. The van der Waals surface area contributed by atoms with E-state index in [1.165, 1.54) is 6.08 Å². The zero-order chi connectivity index (χ0) is 15.1. The summed E-state index contributed by atoms with van der Waals surface area (Å²) in [5, 5.41) is 0. The van der Waals surface area contributed by atoms with E-state index < -0.39 is 0 Å². The molecule has 0 spiro atoms. The number of ketones is 1. The normalized spacial score (nSPS) is 10.8. The second-order valence-corrected chi connectivity index (χ2v) is 4.50. The highest BCUT2D eigenvalue weighted by Gasteiger charge is 2.05. The van der Waals surface area contributed by atoms with Gasteiger partial charge in [-0.3, -0.25) is 15.0 Å². The van der Waals surface area contributed by atoms with Gasteiger partial charge in [-0.1, -0.05) is 48.5 Å². The zero-order valence-corrected chi connectivity index (χ0v) is 11.7. The van der Waals surface area contributed by atoms with Gasteiger partial charge in [-0.15, -0.1) is 0 Å². The summed E-state index contributed by atoms with van der Waals surface area (Å²) in [6, 6.07) is 17.8. The van der Waals surface area contributed by atoms with Crippen LogP contribution in [0.2, 0.25) is 0 Å². The van der Waals surface area contributed by atoms with Crippen LogP contribution in [0, 0.1) is 0 Å². The van der Waals surface area contributed by atoms with E-state index in [1.54, 1.807) is 55.5 Å². The number of hydrogen-bond acceptors (Lipinski definition) is 3. The molecule has 2 aromatic rings. The van der Waals surface area contributed by atoms with E-state index in [-0.39, 0.29) is 11.7 Å². The first kappa shape index (κ1) is 14.5. The molecule has 106 valence electrons. The molecule has 0 radical (unpaired) electrons. The van der Waals surface area contributed by atoms with Crippen molar-refractivity contribution in [2.24, 2.45) is 0 Å². The zero-order valence-electron chi connectivity index (χ0n) is 11.7. The number of rotatable bonds is 5. The number of carbonyl (C=O) groups is 2. The highest BCUT2D eigenvalue weighted by Crippen LogP contribution is 2.02. The summed E-state index contributed by atoms with van der Waals surface area (Å²) in [6.07, 6.45) is 1.45. The van der Waals surface area contributed by atoms with Crippen LogP contribution in [0.15, 0.2) is 72.4 Å². The Morgan fingerprint density at radius 1 is 0.810 bits per heavy atom. The van der Waals surface area contributed by atoms with Gasteiger partial charge in [0, 0.05) is 22.9 Å². The van der Waals surface area contributed by atoms with E-state index in [0.717, 1.165) is 0 Å². The molecule has 0 unspecified atom stereocenters. The number of nitrogens with one attached hydrogen (secondary N) is 2. The minimum Gasteiger partial charge on any atom is -0.303 e. The molecule has 0 aromatic heterocycles. The van der Waals surface area contributed by atoms with E-state index in [4.69, 9.17) is 0 Å². The van der Waals surface area contributed by atoms with Gasteiger partial charge in [-0.2, -0.15) is 0 Å². The highest BCUT2D eigenvalue weighted by atomic mass is 16.2. The summed E-state index contributed by atoms with van der Waals surface area (Å²) >= 11 is 0. The van der Waals surface area contributed by atoms with E-state index in [2.05, 4.69) is 10.9 Å². The van der Waals surface area contributed by atoms with E-state index in [1.807, 2.05) is 12.1 Å². The Morgan fingerprint density at radius 2 is 1.33 bits per heavy atom. The summed E-state index contributed by atoms with van der Waals surface area (Å²) in [5.41, 5.74) is 6.98. The summed E-state index contributed by atoms with van der Waals surface area (Å²) in [6.45, 7) is 1.71. The first-order chi connectivity index (χ1) is 10.2. The highest BCUT2D eigenvalue weighted by molar-refractivity contribution is 6.04. The predicted molar refractivity (Wildman–Crippen MR) is 81.6 cm³/mol. The molecule has 0 fully saturated rings. The Hall–Kier alpha value is -2.88. The number of allylic oxidation sites excluding steroid dienone is 2. The third-order valence-corrected chi connectivity index (χ3v) is 2.82. The maximum absolute atomic E-state index is 11.9. The lowest BCUT2D eigenvalue weighted by molar-refractivity contribution is 0.0936. The van der Waals surface area contributed by atoms with Gasteiger partial charge < -0.3 is 5.43 Å². The predicted octanol–water partition coefficient (Wildman–Crippen LogP) is 2.71. The quantitative estimate of drug-likeness (QED) is 0.503. The second-order valence-electron chi connectivity index (χ2n) is 4.50. The molecule has 2 N–H and O–H groups in total.